The maximum atomic E-state index is 13.0. The number of nitro groups is 1. The molecule has 0 saturated carbocycles. The van der Waals surface area contributed by atoms with E-state index in [0.717, 1.165) is 24.6 Å². The van der Waals surface area contributed by atoms with Gasteiger partial charge in [-0.25, -0.2) is 14.0 Å². The van der Waals surface area contributed by atoms with E-state index in [1.165, 1.54) is 6.07 Å². The molecule has 1 aromatic carbocycles. The molecule has 0 unspecified atom stereocenters. The van der Waals surface area contributed by atoms with Crippen LogP contribution in [-0.2, 0) is 20.7 Å². The summed E-state index contributed by atoms with van der Waals surface area (Å²) >= 11 is 0. The topological polar surface area (TPSA) is 95.7 Å². The van der Waals surface area contributed by atoms with Gasteiger partial charge in [0.15, 0.2) is 0 Å². The van der Waals surface area contributed by atoms with Gasteiger partial charge in [0.05, 0.1) is 17.6 Å². The molecular weight excluding hydrogens is 348 g/mol. The molecule has 0 spiro atoms. The van der Waals surface area contributed by atoms with Gasteiger partial charge < -0.3 is 9.47 Å². The van der Waals surface area contributed by atoms with Crippen LogP contribution in [0.15, 0.2) is 30.4 Å². The summed E-state index contributed by atoms with van der Waals surface area (Å²) in [4.78, 5) is 32.5. The first-order valence-electron chi connectivity index (χ1n) is 6.92. The quantitative estimate of drug-likeness (QED) is 0.184. The van der Waals surface area contributed by atoms with Gasteiger partial charge in [0.1, 0.15) is 5.82 Å². The Labute approximate surface area is 180 Å². The van der Waals surface area contributed by atoms with Gasteiger partial charge >= 0.3 is 63.5 Å². The molecule has 7 nitrogen and oxygen atoms in total. The Morgan fingerprint density at radius 1 is 1.38 bits per heavy atom. The van der Waals surface area contributed by atoms with Crippen molar-refractivity contribution in [2.45, 2.75) is 26.2 Å². The Morgan fingerprint density at radius 3 is 2.71 bits per heavy atom. The van der Waals surface area contributed by atoms with Crippen LogP contribution in [-0.4, -0.2) is 75.0 Å². The fraction of sp³-hybridized carbons (Fsp3) is 0.333. The molecular formula is C15H17FKNO6. The first-order chi connectivity index (χ1) is 10.9. The summed E-state index contributed by atoms with van der Waals surface area (Å²) < 4.78 is 22.0. The standard InChI is InChI=1S/C15H16FNO6.K.H/c1-2-3-4-5-14(18)23-15(19)22-9-8-11-6-7-12(16)10-13(11)17(20)21;;/h4-7,10H,2-3,8-9H2,1H3;;. The van der Waals surface area contributed by atoms with Crippen molar-refractivity contribution < 1.29 is 28.4 Å². The molecule has 0 amide bonds. The summed E-state index contributed by atoms with van der Waals surface area (Å²) in [5, 5.41) is 10.8. The van der Waals surface area contributed by atoms with Gasteiger partial charge in [-0.2, -0.15) is 0 Å². The van der Waals surface area contributed by atoms with Crippen LogP contribution in [0.25, 0.3) is 0 Å². The van der Waals surface area contributed by atoms with E-state index in [0.29, 0.717) is 6.42 Å². The van der Waals surface area contributed by atoms with Crippen LogP contribution in [0.3, 0.4) is 0 Å². The van der Waals surface area contributed by atoms with E-state index in [-0.39, 0.29) is 70.0 Å². The number of ether oxygens (including phenoxy) is 2. The number of unbranched alkanes of at least 4 members (excludes halogenated alkanes) is 1. The molecule has 9 heteroatoms. The third-order valence-corrected chi connectivity index (χ3v) is 2.73. The minimum atomic E-state index is -1.19. The minimum absolute atomic E-state index is 0. The first-order valence-corrected chi connectivity index (χ1v) is 6.92. The number of allylic oxidation sites excluding steroid dienone is 1. The summed E-state index contributed by atoms with van der Waals surface area (Å²) in [5.41, 5.74) is -0.195. The van der Waals surface area contributed by atoms with Crippen LogP contribution < -0.4 is 0 Å². The van der Waals surface area contributed by atoms with Gasteiger partial charge in [-0.05, 0) is 18.6 Å². The van der Waals surface area contributed by atoms with Crippen molar-refractivity contribution in [1.29, 1.82) is 0 Å². The zero-order chi connectivity index (χ0) is 17.2. The number of nitro benzene ring substituents is 1. The molecule has 0 fully saturated rings. The van der Waals surface area contributed by atoms with Gasteiger partial charge in [-0.3, -0.25) is 10.1 Å². The Kier molecular flexibility index (Phi) is 11.7. The Morgan fingerprint density at radius 2 is 2.08 bits per heavy atom. The number of hydrogen-bond donors (Lipinski definition) is 0. The molecule has 0 saturated heterocycles. The third-order valence-electron chi connectivity index (χ3n) is 2.73. The SMILES string of the molecule is CCCC=CC(=O)OC(=O)OCCc1ccc(F)cc1[N+](=O)[O-].[KH]. The van der Waals surface area contributed by atoms with E-state index in [1.54, 1.807) is 6.08 Å². The molecule has 1 rings (SSSR count). The van der Waals surface area contributed by atoms with E-state index in [2.05, 4.69) is 9.47 Å². The number of carbonyl (C=O) groups is 2. The van der Waals surface area contributed by atoms with Crippen LogP contribution in [0.1, 0.15) is 25.3 Å². The van der Waals surface area contributed by atoms with E-state index in [1.807, 2.05) is 6.92 Å². The summed E-state index contributed by atoms with van der Waals surface area (Å²) in [5.74, 6) is -1.58. The first kappa shape index (κ1) is 22.9. The molecule has 24 heavy (non-hydrogen) atoms. The number of nitrogens with zero attached hydrogens (tertiary/aromatic N) is 1. The molecule has 0 aromatic heterocycles. The normalized spacial score (nSPS) is 10.1. The van der Waals surface area contributed by atoms with Crippen LogP contribution in [0.4, 0.5) is 14.9 Å². The van der Waals surface area contributed by atoms with Gasteiger partial charge in [0.25, 0.3) is 5.69 Å². The second kappa shape index (κ2) is 12.3. The average molecular weight is 365 g/mol. The molecule has 0 aliphatic carbocycles. The van der Waals surface area contributed by atoms with E-state index < -0.39 is 28.6 Å². The van der Waals surface area contributed by atoms with Crippen molar-refractivity contribution >= 4 is 69.2 Å². The molecule has 0 aliphatic rings. The number of hydrogen-bond acceptors (Lipinski definition) is 6. The van der Waals surface area contributed by atoms with Gasteiger partial charge in [-0.1, -0.05) is 19.4 Å². The van der Waals surface area contributed by atoms with Crippen LogP contribution in [0.2, 0.25) is 0 Å². The van der Waals surface area contributed by atoms with Crippen molar-refractivity contribution in [3.8, 4) is 0 Å². The average Bonchev–Trinajstić information content (AvgIpc) is 2.48. The predicted molar refractivity (Wildman–Crippen MR) is 85.4 cm³/mol. The molecule has 1 aromatic rings. The van der Waals surface area contributed by atoms with Gasteiger partial charge in [0, 0.05) is 18.1 Å². The number of halogens is 1. The fourth-order valence-electron chi connectivity index (χ4n) is 1.65. The number of benzene rings is 1. The van der Waals surface area contributed by atoms with Crippen molar-refractivity contribution in [3.05, 3.63) is 51.8 Å². The molecule has 0 bridgehead atoms. The van der Waals surface area contributed by atoms with Crippen molar-refractivity contribution in [1.82, 2.24) is 0 Å². The van der Waals surface area contributed by atoms with Gasteiger partial charge in [0.2, 0.25) is 0 Å². The summed E-state index contributed by atoms with van der Waals surface area (Å²) in [6.07, 6.45) is 3.02. The van der Waals surface area contributed by atoms with E-state index in [9.17, 15) is 24.1 Å². The molecule has 126 valence electrons. The number of esters is 1. The summed E-state index contributed by atoms with van der Waals surface area (Å²) in [7, 11) is 0. The Hall–Kier alpha value is -1.13. The van der Waals surface area contributed by atoms with E-state index in [4.69, 9.17) is 0 Å². The number of carbonyl (C=O) groups excluding carboxylic acids is 2. The second-order valence-electron chi connectivity index (χ2n) is 4.49. The van der Waals surface area contributed by atoms with Crippen LogP contribution in [0.5, 0.6) is 0 Å². The number of rotatable bonds is 7. The van der Waals surface area contributed by atoms with Gasteiger partial charge in [-0.15, -0.1) is 0 Å². The Balaban J connectivity index is 0.00000529. The third kappa shape index (κ3) is 8.64. The molecule has 0 N–H and O–H groups in total. The fourth-order valence-corrected chi connectivity index (χ4v) is 1.65. The zero-order valence-corrected chi connectivity index (χ0v) is 12.5. The maximum absolute atomic E-state index is 13.0. The molecule has 0 aliphatic heterocycles. The van der Waals surface area contributed by atoms with Crippen LogP contribution >= 0.6 is 0 Å². The molecule has 0 heterocycles. The summed E-state index contributed by atoms with van der Waals surface area (Å²) in [6, 6.07) is 3.10. The van der Waals surface area contributed by atoms with Crippen LogP contribution in [0, 0.1) is 15.9 Å². The monoisotopic (exact) mass is 365 g/mol. The molecule has 0 atom stereocenters. The predicted octanol–water partition coefficient (Wildman–Crippen LogP) is 2.66. The zero-order valence-electron chi connectivity index (χ0n) is 12.5. The second-order valence-corrected chi connectivity index (χ2v) is 4.49. The summed E-state index contributed by atoms with van der Waals surface area (Å²) in [6.45, 7) is 1.69. The van der Waals surface area contributed by atoms with Crippen molar-refractivity contribution in [3.63, 3.8) is 0 Å². The van der Waals surface area contributed by atoms with Crippen molar-refractivity contribution in [2.75, 3.05) is 6.61 Å². The van der Waals surface area contributed by atoms with Crippen molar-refractivity contribution in [2.24, 2.45) is 0 Å². The van der Waals surface area contributed by atoms with E-state index >= 15 is 0 Å². The Bertz CT molecular complexity index is 620. The molecule has 0 radical (unpaired) electrons.